The molecule has 232 valence electrons. The molecule has 0 aliphatic carbocycles. The highest BCUT2D eigenvalue weighted by Gasteiger charge is 2.17. The molecule has 0 fully saturated rings. The van der Waals surface area contributed by atoms with Crippen LogP contribution in [-0.2, 0) is 0 Å². The minimum atomic E-state index is 1.22. The SMILES string of the molecule is c1ccc(-c2ccc3c(ccc4cc(-c5cccc(-c6c7ccccc7c(-c7ccc8ccccc8c7)c7ccccc67)c5)ccc43)c2)cc1. The largest absolute Gasteiger partial charge is 0.0622 e. The molecule has 0 heteroatoms. The van der Waals surface area contributed by atoms with Crippen molar-refractivity contribution in [2.45, 2.75) is 0 Å². The summed E-state index contributed by atoms with van der Waals surface area (Å²) in [4.78, 5) is 0. The van der Waals surface area contributed by atoms with Crippen LogP contribution in [0.3, 0.4) is 0 Å². The molecule has 0 aliphatic rings. The van der Waals surface area contributed by atoms with E-state index in [0.717, 1.165) is 0 Å². The van der Waals surface area contributed by atoms with Crippen molar-refractivity contribution in [2.75, 3.05) is 0 Å². The summed E-state index contributed by atoms with van der Waals surface area (Å²) in [5, 5.41) is 12.7. The topological polar surface area (TPSA) is 0 Å². The van der Waals surface area contributed by atoms with Crippen molar-refractivity contribution in [3.63, 3.8) is 0 Å². The highest BCUT2D eigenvalue weighted by molar-refractivity contribution is 6.22. The molecule has 0 aliphatic heterocycles. The van der Waals surface area contributed by atoms with Crippen LogP contribution in [0.5, 0.6) is 0 Å². The van der Waals surface area contributed by atoms with Gasteiger partial charge in [0.15, 0.2) is 0 Å². The molecule has 0 heterocycles. The lowest BCUT2D eigenvalue weighted by molar-refractivity contribution is 1.63. The number of fused-ring (bicyclic) bond motifs is 6. The third-order valence-corrected chi connectivity index (χ3v) is 10.4. The first-order valence-corrected chi connectivity index (χ1v) is 17.3. The first-order chi connectivity index (χ1) is 24.8. The second-order valence-electron chi connectivity index (χ2n) is 13.3. The average Bonchev–Trinajstić information content (AvgIpc) is 3.19. The fourth-order valence-corrected chi connectivity index (χ4v) is 8.01. The smallest absolute Gasteiger partial charge is 0.00262 e. The van der Waals surface area contributed by atoms with Crippen LogP contribution in [-0.4, -0.2) is 0 Å². The Kier molecular flexibility index (Phi) is 6.60. The number of benzene rings is 10. The van der Waals surface area contributed by atoms with Crippen LogP contribution in [0.1, 0.15) is 0 Å². The molecule has 0 saturated heterocycles. The molecule has 0 N–H and O–H groups in total. The molecule has 0 radical (unpaired) electrons. The van der Waals surface area contributed by atoms with Gasteiger partial charge in [0, 0.05) is 0 Å². The van der Waals surface area contributed by atoms with Gasteiger partial charge in [-0.2, -0.15) is 0 Å². The zero-order valence-corrected chi connectivity index (χ0v) is 27.5. The second kappa shape index (κ2) is 11.6. The van der Waals surface area contributed by atoms with E-state index in [1.165, 1.54) is 98.4 Å². The van der Waals surface area contributed by atoms with E-state index < -0.39 is 0 Å². The molecular formula is C50H32. The van der Waals surface area contributed by atoms with E-state index in [1.54, 1.807) is 0 Å². The molecule has 10 rings (SSSR count). The van der Waals surface area contributed by atoms with Crippen LogP contribution in [0.4, 0.5) is 0 Å². The lowest BCUT2D eigenvalue weighted by Crippen LogP contribution is -1.91. The maximum Gasteiger partial charge on any atom is -0.00262 e. The standard InChI is InChI=1S/C50H32/c1-2-11-33(12-3-1)37-25-27-43-39(29-37)22-23-40-30-38(26-28-44(40)43)36-15-10-16-41(32-36)49-45-17-6-8-19-47(45)50(48-20-9-7-18-46(48)49)42-24-21-34-13-4-5-14-35(34)31-42/h1-32H. The van der Waals surface area contributed by atoms with E-state index in [0.29, 0.717) is 0 Å². The Labute approximate surface area is 291 Å². The molecule has 10 aromatic carbocycles. The molecule has 50 heavy (non-hydrogen) atoms. The lowest BCUT2D eigenvalue weighted by atomic mass is 9.85. The summed E-state index contributed by atoms with van der Waals surface area (Å²) in [5.41, 5.74) is 9.98. The maximum atomic E-state index is 2.37. The van der Waals surface area contributed by atoms with E-state index in [-0.39, 0.29) is 0 Å². The van der Waals surface area contributed by atoms with Gasteiger partial charge in [0.2, 0.25) is 0 Å². The van der Waals surface area contributed by atoms with Crippen LogP contribution in [0.15, 0.2) is 194 Å². The van der Waals surface area contributed by atoms with E-state index >= 15 is 0 Å². The lowest BCUT2D eigenvalue weighted by Gasteiger charge is -2.18. The molecule has 0 bridgehead atoms. The molecule has 0 aromatic heterocycles. The molecule has 0 spiro atoms. The first-order valence-electron chi connectivity index (χ1n) is 17.3. The number of hydrogen-bond acceptors (Lipinski definition) is 0. The maximum absolute atomic E-state index is 2.37. The van der Waals surface area contributed by atoms with E-state index in [9.17, 15) is 0 Å². The third-order valence-electron chi connectivity index (χ3n) is 10.4. The van der Waals surface area contributed by atoms with Gasteiger partial charge in [0.25, 0.3) is 0 Å². The summed E-state index contributed by atoms with van der Waals surface area (Å²) >= 11 is 0. The van der Waals surface area contributed by atoms with Gasteiger partial charge in [0.1, 0.15) is 0 Å². The third kappa shape index (κ3) is 4.69. The Morgan fingerprint density at radius 2 is 0.580 bits per heavy atom. The zero-order chi connectivity index (χ0) is 33.0. The second-order valence-corrected chi connectivity index (χ2v) is 13.3. The summed E-state index contributed by atoms with van der Waals surface area (Å²) in [5.74, 6) is 0. The van der Waals surface area contributed by atoms with Crippen LogP contribution in [0.2, 0.25) is 0 Å². The quantitative estimate of drug-likeness (QED) is 0.134. The van der Waals surface area contributed by atoms with Gasteiger partial charge in [-0.05, 0) is 123 Å². The Bertz CT molecular complexity index is 2860. The van der Waals surface area contributed by atoms with Crippen molar-refractivity contribution in [1.82, 2.24) is 0 Å². The van der Waals surface area contributed by atoms with Crippen molar-refractivity contribution >= 4 is 53.9 Å². The summed E-state index contributed by atoms with van der Waals surface area (Å²) in [6.45, 7) is 0. The Morgan fingerprint density at radius 1 is 0.180 bits per heavy atom. The first kappa shape index (κ1) is 28.5. The molecule has 0 unspecified atom stereocenters. The van der Waals surface area contributed by atoms with Gasteiger partial charge < -0.3 is 0 Å². The summed E-state index contributed by atoms with van der Waals surface area (Å²) in [7, 11) is 0. The average molecular weight is 633 g/mol. The molecule has 0 atom stereocenters. The van der Waals surface area contributed by atoms with Crippen molar-refractivity contribution in [2.24, 2.45) is 0 Å². The van der Waals surface area contributed by atoms with Crippen molar-refractivity contribution in [1.29, 1.82) is 0 Å². The van der Waals surface area contributed by atoms with Gasteiger partial charge in [-0.3, -0.25) is 0 Å². The normalized spacial score (nSPS) is 11.6. The Morgan fingerprint density at radius 3 is 1.20 bits per heavy atom. The van der Waals surface area contributed by atoms with Gasteiger partial charge in [0.05, 0.1) is 0 Å². The fraction of sp³-hybridized carbons (Fsp3) is 0. The Hall–Kier alpha value is -6.50. The Balaban J connectivity index is 1.11. The van der Waals surface area contributed by atoms with Gasteiger partial charge in [-0.25, -0.2) is 0 Å². The van der Waals surface area contributed by atoms with Gasteiger partial charge >= 0.3 is 0 Å². The molecule has 0 nitrogen and oxygen atoms in total. The van der Waals surface area contributed by atoms with Crippen LogP contribution in [0.25, 0.3) is 98.4 Å². The summed E-state index contributed by atoms with van der Waals surface area (Å²) in [6, 6.07) is 71.3. The number of rotatable bonds is 4. The van der Waals surface area contributed by atoms with Crippen molar-refractivity contribution < 1.29 is 0 Å². The summed E-state index contributed by atoms with van der Waals surface area (Å²) < 4.78 is 0. The van der Waals surface area contributed by atoms with Gasteiger partial charge in [-0.1, -0.05) is 170 Å². The molecule has 0 saturated carbocycles. The zero-order valence-electron chi connectivity index (χ0n) is 27.5. The van der Waals surface area contributed by atoms with Crippen LogP contribution in [0, 0.1) is 0 Å². The minimum Gasteiger partial charge on any atom is -0.0622 e. The van der Waals surface area contributed by atoms with Gasteiger partial charge in [-0.15, -0.1) is 0 Å². The molecular weight excluding hydrogens is 601 g/mol. The fourth-order valence-electron chi connectivity index (χ4n) is 8.01. The molecule has 10 aromatic rings. The van der Waals surface area contributed by atoms with Crippen LogP contribution < -0.4 is 0 Å². The van der Waals surface area contributed by atoms with Crippen molar-refractivity contribution in [3.8, 4) is 44.5 Å². The highest BCUT2D eigenvalue weighted by Crippen LogP contribution is 2.45. The van der Waals surface area contributed by atoms with E-state index in [4.69, 9.17) is 0 Å². The van der Waals surface area contributed by atoms with E-state index in [2.05, 4.69) is 194 Å². The van der Waals surface area contributed by atoms with Crippen LogP contribution >= 0.6 is 0 Å². The minimum absolute atomic E-state index is 1.22. The predicted octanol–water partition coefficient (Wildman–Crippen LogP) is 14.1. The highest BCUT2D eigenvalue weighted by atomic mass is 14.2. The molecule has 0 amide bonds. The van der Waals surface area contributed by atoms with E-state index in [1.807, 2.05) is 0 Å². The predicted molar refractivity (Wildman–Crippen MR) is 216 cm³/mol. The summed E-state index contributed by atoms with van der Waals surface area (Å²) in [6.07, 6.45) is 0. The van der Waals surface area contributed by atoms with Crippen molar-refractivity contribution in [3.05, 3.63) is 194 Å². The monoisotopic (exact) mass is 632 g/mol. The number of hydrogen-bond donors (Lipinski definition) is 0.